The van der Waals surface area contributed by atoms with E-state index in [1.807, 2.05) is 65.5 Å². The van der Waals surface area contributed by atoms with Crippen LogP contribution in [0.15, 0.2) is 58.6 Å². The molecule has 4 nitrogen and oxygen atoms in total. The molecule has 1 amide bonds. The highest BCUT2D eigenvalue weighted by atomic mass is 32.1. The van der Waals surface area contributed by atoms with Gasteiger partial charge >= 0.3 is 0 Å². The number of nitrogens with one attached hydrogen (secondary N) is 1. The van der Waals surface area contributed by atoms with Crippen molar-refractivity contribution in [2.24, 2.45) is 0 Å². The van der Waals surface area contributed by atoms with E-state index in [9.17, 15) is 9.90 Å². The van der Waals surface area contributed by atoms with Crippen molar-refractivity contribution in [1.29, 1.82) is 0 Å². The van der Waals surface area contributed by atoms with Crippen LogP contribution in [-0.2, 0) is 10.4 Å². The van der Waals surface area contributed by atoms with E-state index in [-0.39, 0.29) is 19.1 Å². The highest BCUT2D eigenvalue weighted by molar-refractivity contribution is 7.10. The molecule has 2 aromatic heterocycles. The SMILES string of the molecule is Cc1ccccc1OCC(=O)NCC(O)(c1ccsc1)c1cccs1. The van der Waals surface area contributed by atoms with E-state index in [4.69, 9.17) is 4.74 Å². The minimum Gasteiger partial charge on any atom is -0.484 e. The summed E-state index contributed by atoms with van der Waals surface area (Å²) < 4.78 is 5.56. The van der Waals surface area contributed by atoms with Gasteiger partial charge in [0.15, 0.2) is 6.61 Å². The lowest BCUT2D eigenvalue weighted by atomic mass is 9.94. The van der Waals surface area contributed by atoms with Gasteiger partial charge in [0.2, 0.25) is 0 Å². The Labute approximate surface area is 154 Å². The van der Waals surface area contributed by atoms with Crippen molar-refractivity contribution in [2.75, 3.05) is 13.2 Å². The summed E-state index contributed by atoms with van der Waals surface area (Å²) in [6.07, 6.45) is 0. The number of hydrogen-bond acceptors (Lipinski definition) is 5. The molecular weight excluding hydrogens is 354 g/mol. The smallest absolute Gasteiger partial charge is 0.258 e. The van der Waals surface area contributed by atoms with Gasteiger partial charge in [-0.15, -0.1) is 11.3 Å². The van der Waals surface area contributed by atoms with Crippen LogP contribution < -0.4 is 10.1 Å². The van der Waals surface area contributed by atoms with Gasteiger partial charge in [0.25, 0.3) is 5.91 Å². The van der Waals surface area contributed by atoms with Crippen LogP contribution in [0, 0.1) is 6.92 Å². The maximum atomic E-state index is 12.2. The normalized spacial score (nSPS) is 13.2. The molecule has 0 saturated carbocycles. The Morgan fingerprint density at radius 1 is 1.20 bits per heavy atom. The Hall–Kier alpha value is -2.15. The summed E-state index contributed by atoms with van der Waals surface area (Å²) in [5.74, 6) is 0.414. The van der Waals surface area contributed by atoms with Crippen LogP contribution in [0.1, 0.15) is 16.0 Å². The second-order valence-electron chi connectivity index (χ2n) is 5.68. The second-order valence-corrected chi connectivity index (χ2v) is 7.41. The molecule has 3 aromatic rings. The zero-order valence-electron chi connectivity index (χ0n) is 13.8. The van der Waals surface area contributed by atoms with Gasteiger partial charge in [0.05, 0.1) is 6.54 Å². The summed E-state index contributed by atoms with van der Waals surface area (Å²) in [5.41, 5.74) is 0.524. The van der Waals surface area contributed by atoms with Gasteiger partial charge in [-0.25, -0.2) is 0 Å². The zero-order chi connectivity index (χ0) is 17.7. The molecule has 0 aliphatic rings. The quantitative estimate of drug-likeness (QED) is 0.666. The van der Waals surface area contributed by atoms with Crippen molar-refractivity contribution in [3.05, 3.63) is 74.6 Å². The largest absolute Gasteiger partial charge is 0.484 e. The summed E-state index contributed by atoms with van der Waals surface area (Å²) in [7, 11) is 0. The zero-order valence-corrected chi connectivity index (χ0v) is 15.4. The van der Waals surface area contributed by atoms with Crippen molar-refractivity contribution in [2.45, 2.75) is 12.5 Å². The molecule has 0 spiro atoms. The maximum Gasteiger partial charge on any atom is 0.258 e. The van der Waals surface area contributed by atoms with Crippen LogP contribution in [0.25, 0.3) is 0 Å². The summed E-state index contributed by atoms with van der Waals surface area (Å²) >= 11 is 2.98. The van der Waals surface area contributed by atoms with E-state index in [2.05, 4.69) is 5.32 Å². The Kier molecular flexibility index (Phi) is 5.53. The summed E-state index contributed by atoms with van der Waals surface area (Å²) in [6.45, 7) is 1.94. The lowest BCUT2D eigenvalue weighted by Crippen LogP contribution is -2.42. The van der Waals surface area contributed by atoms with Crippen molar-refractivity contribution in [3.8, 4) is 5.75 Å². The highest BCUT2D eigenvalue weighted by Gasteiger charge is 2.33. The Morgan fingerprint density at radius 2 is 2.04 bits per heavy atom. The molecule has 1 unspecified atom stereocenters. The molecule has 0 bridgehead atoms. The molecule has 2 N–H and O–H groups in total. The molecule has 1 atom stereocenters. The number of para-hydroxylation sites is 1. The monoisotopic (exact) mass is 373 g/mol. The van der Waals surface area contributed by atoms with E-state index < -0.39 is 5.60 Å². The molecule has 3 rings (SSSR count). The van der Waals surface area contributed by atoms with Gasteiger partial charge in [0.1, 0.15) is 11.4 Å². The van der Waals surface area contributed by atoms with Crippen molar-refractivity contribution in [3.63, 3.8) is 0 Å². The van der Waals surface area contributed by atoms with Crippen LogP contribution in [0.3, 0.4) is 0 Å². The lowest BCUT2D eigenvalue weighted by molar-refractivity contribution is -0.124. The molecule has 2 heterocycles. The molecule has 0 fully saturated rings. The van der Waals surface area contributed by atoms with E-state index in [1.54, 1.807) is 0 Å². The minimum absolute atomic E-state index is 0.0883. The number of carbonyl (C=O) groups is 1. The number of ether oxygens (including phenoxy) is 1. The Balaban J connectivity index is 1.64. The topological polar surface area (TPSA) is 58.6 Å². The molecule has 1 aromatic carbocycles. The molecule has 0 saturated heterocycles. The van der Waals surface area contributed by atoms with Crippen molar-refractivity contribution >= 4 is 28.6 Å². The minimum atomic E-state index is -1.23. The summed E-state index contributed by atoms with van der Waals surface area (Å²) in [5, 5.41) is 19.7. The fourth-order valence-electron chi connectivity index (χ4n) is 2.48. The van der Waals surface area contributed by atoms with Crippen LogP contribution in [0.4, 0.5) is 0 Å². The number of thiophene rings is 2. The summed E-state index contributed by atoms with van der Waals surface area (Å²) in [4.78, 5) is 13.0. The average Bonchev–Trinajstić information content (AvgIpc) is 3.32. The standard InChI is InChI=1S/C19H19NO3S2/c1-14-5-2-3-6-16(14)23-11-18(21)20-13-19(22,15-8-10-24-12-15)17-7-4-9-25-17/h2-10,12,22H,11,13H2,1H3,(H,20,21). The molecule has 6 heteroatoms. The number of hydrogen-bond donors (Lipinski definition) is 2. The Morgan fingerprint density at radius 3 is 2.72 bits per heavy atom. The third-order valence-corrected chi connectivity index (χ3v) is 5.63. The molecule has 0 radical (unpaired) electrons. The number of carbonyl (C=O) groups excluding carboxylic acids is 1. The number of rotatable bonds is 7. The van der Waals surface area contributed by atoms with Crippen molar-refractivity contribution < 1.29 is 14.6 Å². The molecular formula is C19H19NO3S2. The van der Waals surface area contributed by atoms with E-state index in [0.29, 0.717) is 5.75 Å². The third kappa shape index (κ3) is 4.10. The summed E-state index contributed by atoms with van der Waals surface area (Å²) in [6, 6.07) is 13.2. The molecule has 0 aliphatic heterocycles. The van der Waals surface area contributed by atoms with E-state index >= 15 is 0 Å². The first-order chi connectivity index (χ1) is 12.1. The van der Waals surface area contributed by atoms with Crippen LogP contribution in [-0.4, -0.2) is 24.2 Å². The van der Waals surface area contributed by atoms with Crippen molar-refractivity contribution in [1.82, 2.24) is 5.32 Å². The lowest BCUT2D eigenvalue weighted by Gasteiger charge is -2.27. The Bertz CT molecular complexity index is 779. The number of benzene rings is 1. The first kappa shape index (κ1) is 17.7. The van der Waals surface area contributed by atoms with Gasteiger partial charge in [-0.2, -0.15) is 11.3 Å². The molecule has 130 valence electrons. The van der Waals surface area contributed by atoms with E-state index in [0.717, 1.165) is 16.0 Å². The van der Waals surface area contributed by atoms with Crippen LogP contribution in [0.5, 0.6) is 5.75 Å². The fourth-order valence-corrected chi connectivity index (χ4v) is 4.05. The number of aliphatic hydroxyl groups is 1. The molecule has 0 aliphatic carbocycles. The average molecular weight is 373 g/mol. The van der Waals surface area contributed by atoms with Crippen LogP contribution >= 0.6 is 22.7 Å². The maximum absolute atomic E-state index is 12.2. The van der Waals surface area contributed by atoms with Gasteiger partial charge in [0, 0.05) is 10.4 Å². The molecule has 25 heavy (non-hydrogen) atoms. The predicted octanol–water partition coefficient (Wildman–Crippen LogP) is 3.55. The number of aryl methyl sites for hydroxylation is 1. The van der Waals surface area contributed by atoms with Gasteiger partial charge in [-0.3, -0.25) is 4.79 Å². The van der Waals surface area contributed by atoms with Crippen LogP contribution in [0.2, 0.25) is 0 Å². The highest BCUT2D eigenvalue weighted by Crippen LogP contribution is 2.33. The van der Waals surface area contributed by atoms with E-state index in [1.165, 1.54) is 22.7 Å². The predicted molar refractivity (Wildman–Crippen MR) is 101 cm³/mol. The first-order valence-corrected chi connectivity index (χ1v) is 9.66. The third-order valence-electron chi connectivity index (χ3n) is 3.92. The second kappa shape index (κ2) is 7.82. The van der Waals surface area contributed by atoms with Gasteiger partial charge in [-0.05, 0) is 46.8 Å². The fraction of sp³-hybridized carbons (Fsp3) is 0.211. The number of amides is 1. The van der Waals surface area contributed by atoms with Gasteiger partial charge in [-0.1, -0.05) is 24.3 Å². The van der Waals surface area contributed by atoms with Gasteiger partial charge < -0.3 is 15.2 Å². The first-order valence-electron chi connectivity index (χ1n) is 7.84.